The first-order chi connectivity index (χ1) is 15.6. The van der Waals surface area contributed by atoms with Crippen LogP contribution in [0.15, 0.2) is 84.4 Å². The average Bonchev–Trinajstić information content (AvgIpc) is 3.29. The average molecular weight is 421 g/mol. The van der Waals surface area contributed by atoms with Crippen molar-refractivity contribution in [1.82, 2.24) is 14.8 Å². The molecule has 0 saturated carbocycles. The Hall–Kier alpha value is -4.57. The number of aromatic nitrogens is 3. The Morgan fingerprint density at radius 2 is 1.78 bits per heavy atom. The molecule has 1 aromatic heterocycles. The number of aliphatic imine (C=N–C) groups is 1. The van der Waals surface area contributed by atoms with Crippen molar-refractivity contribution in [3.63, 3.8) is 0 Å². The second-order valence-electron chi connectivity index (χ2n) is 7.16. The van der Waals surface area contributed by atoms with Crippen LogP contribution in [0.4, 0.5) is 15.8 Å². The predicted octanol–water partition coefficient (Wildman–Crippen LogP) is 4.27. The Bertz CT molecular complexity index is 1400. The first kappa shape index (κ1) is 19.4. The lowest BCUT2D eigenvalue weighted by Gasteiger charge is -2.06. The number of anilines is 1. The summed E-state index contributed by atoms with van der Waals surface area (Å²) in [5, 5.41) is 7.06. The van der Waals surface area contributed by atoms with E-state index in [0.29, 0.717) is 22.6 Å². The molecule has 1 aliphatic heterocycles. The highest BCUT2D eigenvalue weighted by molar-refractivity contribution is 6.17. The molecule has 1 aliphatic rings. The van der Waals surface area contributed by atoms with Gasteiger partial charge in [0, 0.05) is 11.1 Å². The Morgan fingerprint density at radius 1 is 0.969 bits per heavy atom. The van der Waals surface area contributed by atoms with Gasteiger partial charge in [-0.3, -0.25) is 9.79 Å². The third kappa shape index (κ3) is 4.16. The van der Waals surface area contributed by atoms with Gasteiger partial charge in [-0.15, -0.1) is 0 Å². The molecule has 7 heteroatoms. The lowest BCUT2D eigenvalue weighted by Crippen LogP contribution is -2.15. The van der Waals surface area contributed by atoms with Crippen molar-refractivity contribution in [2.24, 2.45) is 4.99 Å². The van der Waals surface area contributed by atoms with Crippen LogP contribution in [0.5, 0.6) is 0 Å². The molecule has 0 saturated heterocycles. The van der Waals surface area contributed by atoms with Crippen LogP contribution < -0.4 is 5.32 Å². The van der Waals surface area contributed by atoms with E-state index in [0.717, 1.165) is 16.8 Å². The largest absolute Gasteiger partial charge is 0.324 e. The van der Waals surface area contributed by atoms with Crippen molar-refractivity contribution in [2.45, 2.75) is 6.42 Å². The van der Waals surface area contributed by atoms with E-state index >= 15 is 0 Å². The Kier molecular flexibility index (Phi) is 5.02. The van der Waals surface area contributed by atoms with Crippen LogP contribution in [0.3, 0.4) is 0 Å². The van der Waals surface area contributed by atoms with E-state index in [9.17, 15) is 9.18 Å². The predicted molar refractivity (Wildman–Crippen MR) is 120 cm³/mol. The smallest absolute Gasteiger partial charge is 0.230 e. The zero-order chi connectivity index (χ0) is 21.9. The minimum Gasteiger partial charge on any atom is -0.324 e. The molecule has 0 fully saturated rings. The summed E-state index contributed by atoms with van der Waals surface area (Å²) in [6.45, 7) is 0. The van der Waals surface area contributed by atoms with Gasteiger partial charge in [-0.05, 0) is 60.2 Å². The number of benzene rings is 3. The number of carbonyl (C=O) groups excluding carboxylic acids is 1. The number of fused-ring (bicyclic) bond motifs is 1. The molecule has 0 spiro atoms. The van der Waals surface area contributed by atoms with Gasteiger partial charge in [0.2, 0.25) is 5.91 Å². The van der Waals surface area contributed by atoms with E-state index in [4.69, 9.17) is 4.99 Å². The quantitative estimate of drug-likeness (QED) is 0.492. The zero-order valence-electron chi connectivity index (χ0n) is 16.8. The molecule has 0 unspecified atom stereocenters. The van der Waals surface area contributed by atoms with Crippen molar-refractivity contribution in [1.29, 1.82) is 0 Å². The van der Waals surface area contributed by atoms with Gasteiger partial charge in [0.1, 0.15) is 18.5 Å². The van der Waals surface area contributed by atoms with E-state index in [-0.39, 0.29) is 18.1 Å². The maximum Gasteiger partial charge on any atom is 0.230 e. The molecule has 0 bridgehead atoms. The Morgan fingerprint density at radius 3 is 2.59 bits per heavy atom. The molecule has 1 N–H and O–H groups in total. The number of hydrogen-bond acceptors (Lipinski definition) is 4. The summed E-state index contributed by atoms with van der Waals surface area (Å²) in [6, 6.07) is 19.1. The number of nitrogens with one attached hydrogen (secondary N) is 1. The number of amides is 1. The number of nitrogens with zero attached hydrogens (tertiary/aromatic N) is 4. The van der Waals surface area contributed by atoms with E-state index in [1.165, 1.54) is 18.5 Å². The summed E-state index contributed by atoms with van der Waals surface area (Å²) in [6.07, 6.45) is 3.23. The second-order valence-corrected chi connectivity index (χ2v) is 7.16. The molecule has 4 aromatic rings. The van der Waals surface area contributed by atoms with Crippen molar-refractivity contribution in [2.75, 3.05) is 5.32 Å². The summed E-state index contributed by atoms with van der Waals surface area (Å²) in [7, 11) is 0. The molecule has 1 amide bonds. The molecule has 32 heavy (non-hydrogen) atoms. The molecule has 5 rings (SSSR count). The molecular formula is C25H16FN5O. The van der Waals surface area contributed by atoms with Crippen molar-refractivity contribution >= 4 is 23.0 Å². The minimum absolute atomic E-state index is 0.145. The van der Waals surface area contributed by atoms with Crippen LogP contribution in [-0.2, 0) is 4.79 Å². The Labute approximate surface area is 183 Å². The molecule has 0 aliphatic carbocycles. The third-order valence-corrected chi connectivity index (χ3v) is 4.91. The van der Waals surface area contributed by atoms with Gasteiger partial charge in [0.25, 0.3) is 0 Å². The van der Waals surface area contributed by atoms with Crippen LogP contribution >= 0.6 is 0 Å². The standard InChI is InChI=1S/C25H16FN5O/c26-20-9-6-17(7-10-20)4-5-18-8-11-22-24(12-18)30-25(32)14-23(29-22)19-2-1-3-21(13-19)31-16-27-15-28-31/h1-3,6-13,15-16H,14H2,(H,30,32). The van der Waals surface area contributed by atoms with Crippen LogP contribution in [-0.4, -0.2) is 26.4 Å². The minimum atomic E-state index is -0.302. The van der Waals surface area contributed by atoms with Gasteiger partial charge in [-0.25, -0.2) is 14.1 Å². The first-order valence-corrected chi connectivity index (χ1v) is 9.88. The fraction of sp³-hybridized carbons (Fsp3) is 0.0400. The van der Waals surface area contributed by atoms with Gasteiger partial charge >= 0.3 is 0 Å². The summed E-state index contributed by atoms with van der Waals surface area (Å²) in [4.78, 5) is 21.3. The van der Waals surface area contributed by atoms with E-state index < -0.39 is 0 Å². The second kappa shape index (κ2) is 8.28. The summed E-state index contributed by atoms with van der Waals surface area (Å²) < 4.78 is 14.7. The lowest BCUT2D eigenvalue weighted by atomic mass is 10.1. The number of halogens is 1. The number of carbonyl (C=O) groups is 1. The van der Waals surface area contributed by atoms with E-state index in [1.54, 1.807) is 29.2 Å². The lowest BCUT2D eigenvalue weighted by molar-refractivity contribution is -0.115. The van der Waals surface area contributed by atoms with Crippen molar-refractivity contribution in [3.05, 3.63) is 102 Å². The normalized spacial score (nSPS) is 12.7. The van der Waals surface area contributed by atoms with Gasteiger partial charge in [0.15, 0.2) is 0 Å². The van der Waals surface area contributed by atoms with Crippen molar-refractivity contribution < 1.29 is 9.18 Å². The SMILES string of the molecule is O=C1CC(c2cccc(-n3cncn3)c2)=Nc2ccc(C#Cc3ccc(F)cc3)cc2N1. The van der Waals surface area contributed by atoms with Gasteiger partial charge in [-0.1, -0.05) is 24.0 Å². The molecule has 0 radical (unpaired) electrons. The summed E-state index contributed by atoms with van der Waals surface area (Å²) in [5.41, 5.74) is 5.01. The highest BCUT2D eigenvalue weighted by Crippen LogP contribution is 2.30. The zero-order valence-corrected chi connectivity index (χ0v) is 16.8. The van der Waals surface area contributed by atoms with Crippen molar-refractivity contribution in [3.8, 4) is 17.5 Å². The van der Waals surface area contributed by atoms with Gasteiger partial charge in [-0.2, -0.15) is 5.10 Å². The molecule has 3 aromatic carbocycles. The molecular weight excluding hydrogens is 405 g/mol. The highest BCUT2D eigenvalue weighted by Gasteiger charge is 2.18. The van der Waals surface area contributed by atoms with Gasteiger partial charge < -0.3 is 5.32 Å². The maximum atomic E-state index is 13.1. The Balaban J connectivity index is 1.47. The fourth-order valence-corrected chi connectivity index (χ4v) is 3.36. The van der Waals surface area contributed by atoms with Crippen LogP contribution in [0.1, 0.15) is 23.1 Å². The van der Waals surface area contributed by atoms with Crippen LogP contribution in [0, 0.1) is 17.7 Å². The molecule has 154 valence electrons. The van der Waals surface area contributed by atoms with Crippen LogP contribution in [0.2, 0.25) is 0 Å². The van der Waals surface area contributed by atoms with E-state index in [1.807, 2.05) is 36.4 Å². The monoisotopic (exact) mass is 421 g/mol. The molecule has 2 heterocycles. The number of rotatable bonds is 2. The maximum absolute atomic E-state index is 13.1. The fourth-order valence-electron chi connectivity index (χ4n) is 3.36. The third-order valence-electron chi connectivity index (χ3n) is 4.91. The summed E-state index contributed by atoms with van der Waals surface area (Å²) in [5.74, 6) is 5.58. The molecule has 0 atom stereocenters. The van der Waals surface area contributed by atoms with Crippen LogP contribution in [0.25, 0.3) is 5.69 Å². The highest BCUT2D eigenvalue weighted by atomic mass is 19.1. The number of hydrogen-bond donors (Lipinski definition) is 1. The summed E-state index contributed by atoms with van der Waals surface area (Å²) >= 11 is 0. The van der Waals surface area contributed by atoms with E-state index in [2.05, 4.69) is 27.2 Å². The topological polar surface area (TPSA) is 72.2 Å². The first-order valence-electron chi connectivity index (χ1n) is 9.88. The van der Waals surface area contributed by atoms with Gasteiger partial charge in [0.05, 0.1) is 29.2 Å². The molecule has 6 nitrogen and oxygen atoms in total.